The van der Waals surface area contributed by atoms with Crippen molar-refractivity contribution in [3.05, 3.63) is 82.3 Å². The van der Waals surface area contributed by atoms with Gasteiger partial charge in [-0.2, -0.15) is 5.26 Å². The molecule has 4 aromatic rings. The summed E-state index contributed by atoms with van der Waals surface area (Å²) < 4.78 is 6.12. The van der Waals surface area contributed by atoms with Gasteiger partial charge in [-0.25, -0.2) is 9.78 Å². The monoisotopic (exact) mass is 622 g/mol. The molecular formula is C37H46N6O3. The fourth-order valence-corrected chi connectivity index (χ4v) is 5.55. The average Bonchev–Trinajstić information content (AvgIpc) is 3.05. The van der Waals surface area contributed by atoms with Crippen LogP contribution in [0.4, 0.5) is 16.2 Å². The predicted octanol–water partition coefficient (Wildman–Crippen LogP) is 7.90. The number of hydrogen-bond donors (Lipinski definition) is 2. The second-order valence-corrected chi connectivity index (χ2v) is 12.0. The molecule has 242 valence electrons. The van der Waals surface area contributed by atoms with Gasteiger partial charge in [-0.3, -0.25) is 9.69 Å². The van der Waals surface area contributed by atoms with Gasteiger partial charge in [-0.1, -0.05) is 53.7 Å². The second kappa shape index (κ2) is 16.1. The summed E-state index contributed by atoms with van der Waals surface area (Å²) in [5.41, 5.74) is 5.07. The van der Waals surface area contributed by atoms with Crippen molar-refractivity contribution in [2.75, 3.05) is 43.0 Å². The largest absolute Gasteiger partial charge is 0.492 e. The number of urea groups is 1. The first-order valence-corrected chi connectivity index (χ1v) is 16.2. The van der Waals surface area contributed by atoms with E-state index in [2.05, 4.69) is 92.1 Å². The van der Waals surface area contributed by atoms with E-state index in [-0.39, 0.29) is 30.5 Å². The van der Waals surface area contributed by atoms with Crippen molar-refractivity contribution in [3.63, 3.8) is 0 Å². The molecule has 0 bridgehead atoms. The number of aromatic nitrogens is 2. The fraction of sp³-hybridized carbons (Fsp3) is 0.405. The Balaban J connectivity index is 1.70. The van der Waals surface area contributed by atoms with Crippen LogP contribution in [0.5, 0.6) is 5.75 Å². The Morgan fingerprint density at radius 1 is 0.978 bits per heavy atom. The first kappa shape index (κ1) is 34.2. The summed E-state index contributed by atoms with van der Waals surface area (Å²) in [6.45, 7) is 16.4. The van der Waals surface area contributed by atoms with Gasteiger partial charge in [0, 0.05) is 36.8 Å². The molecule has 0 radical (unpaired) electrons. The maximum absolute atomic E-state index is 14.1. The molecule has 4 rings (SSSR count). The van der Waals surface area contributed by atoms with Gasteiger partial charge in [0.2, 0.25) is 0 Å². The third-order valence-corrected chi connectivity index (χ3v) is 8.22. The number of hydrogen-bond acceptors (Lipinski definition) is 6. The lowest BCUT2D eigenvalue weighted by atomic mass is 9.88. The van der Waals surface area contributed by atoms with E-state index in [1.54, 1.807) is 18.3 Å². The van der Waals surface area contributed by atoms with Crippen LogP contribution in [0, 0.1) is 11.3 Å². The number of unbranched alkanes of at least 4 members (excludes halogenated alkanes) is 1. The summed E-state index contributed by atoms with van der Waals surface area (Å²) in [4.78, 5) is 38.1. The van der Waals surface area contributed by atoms with Crippen molar-refractivity contribution in [2.24, 2.45) is 0 Å². The van der Waals surface area contributed by atoms with Crippen LogP contribution in [0.25, 0.3) is 22.2 Å². The summed E-state index contributed by atoms with van der Waals surface area (Å²) in [6, 6.07) is 19.4. The molecule has 0 fully saturated rings. The predicted molar refractivity (Wildman–Crippen MR) is 187 cm³/mol. The van der Waals surface area contributed by atoms with Crippen LogP contribution in [-0.2, 0) is 0 Å². The van der Waals surface area contributed by atoms with Gasteiger partial charge >= 0.3 is 6.03 Å². The molecule has 0 unspecified atom stereocenters. The molecule has 2 heterocycles. The number of ether oxygens (including phenoxy) is 1. The number of rotatable bonds is 14. The van der Waals surface area contributed by atoms with E-state index in [9.17, 15) is 14.9 Å². The lowest BCUT2D eigenvalue weighted by Gasteiger charge is -2.26. The second-order valence-electron chi connectivity index (χ2n) is 12.0. The number of amides is 2. The number of nitrogens with one attached hydrogen (secondary N) is 2. The first-order valence-electron chi connectivity index (χ1n) is 16.2. The summed E-state index contributed by atoms with van der Waals surface area (Å²) >= 11 is 0. The number of anilines is 2. The van der Waals surface area contributed by atoms with Gasteiger partial charge in [-0.15, -0.1) is 0 Å². The number of aromatic amines is 1. The van der Waals surface area contributed by atoms with E-state index in [0.717, 1.165) is 53.3 Å². The highest BCUT2D eigenvalue weighted by Gasteiger charge is 2.24. The Labute approximate surface area is 272 Å². The zero-order chi connectivity index (χ0) is 33.2. The SMILES string of the molecule is CCN(CC)CCOc1cccc(-c2cc(C(C)C)c(NC(=O)N(CCCC#N)c3cc4cccnc4[nH]c3=O)c(C(C)C)c2)c1. The Morgan fingerprint density at radius 3 is 2.35 bits per heavy atom. The third-order valence-electron chi connectivity index (χ3n) is 8.22. The third kappa shape index (κ3) is 8.32. The number of nitrogens with zero attached hydrogens (tertiary/aromatic N) is 4. The van der Waals surface area contributed by atoms with Crippen molar-refractivity contribution in [1.29, 1.82) is 5.26 Å². The standard InChI is InChI=1S/C37H46N6O3/c1-7-42(8-2)19-20-46-30-15-11-13-27(21-30)29-22-31(25(3)4)34(32(23-29)26(5)6)40-37(45)43(18-10-9-16-38)33-24-28-14-12-17-39-35(28)41-36(33)44/h11-15,17,21-26H,7-10,18-20H2,1-6H3,(H,40,45)(H,39,41,44). The van der Waals surface area contributed by atoms with Crippen LogP contribution >= 0.6 is 0 Å². The number of fused-ring (bicyclic) bond motifs is 1. The summed E-state index contributed by atoms with van der Waals surface area (Å²) in [7, 11) is 0. The molecule has 2 amide bonds. The normalized spacial score (nSPS) is 11.3. The number of likely N-dealkylation sites (N-methyl/N-ethyl adjacent to an activating group) is 1. The van der Waals surface area contributed by atoms with E-state index in [1.165, 1.54) is 4.90 Å². The minimum atomic E-state index is -0.424. The lowest BCUT2D eigenvalue weighted by molar-refractivity contribution is 0.223. The Bertz CT molecular complexity index is 1710. The maximum Gasteiger partial charge on any atom is 0.326 e. The highest BCUT2D eigenvalue weighted by Crippen LogP contribution is 2.38. The van der Waals surface area contributed by atoms with Crippen LogP contribution in [0.2, 0.25) is 0 Å². The number of H-pyrrole nitrogens is 1. The first-order chi connectivity index (χ1) is 22.2. The zero-order valence-electron chi connectivity index (χ0n) is 27.9. The van der Waals surface area contributed by atoms with Gasteiger partial charge in [-0.05, 0) is 96.1 Å². The Morgan fingerprint density at radius 2 is 1.70 bits per heavy atom. The van der Waals surface area contributed by atoms with Crippen molar-refractivity contribution >= 4 is 28.4 Å². The van der Waals surface area contributed by atoms with E-state index < -0.39 is 11.6 Å². The highest BCUT2D eigenvalue weighted by atomic mass is 16.5. The summed E-state index contributed by atoms with van der Waals surface area (Å²) in [6.07, 6.45) is 2.30. The number of carbonyl (C=O) groups is 1. The van der Waals surface area contributed by atoms with Crippen molar-refractivity contribution in [1.82, 2.24) is 14.9 Å². The molecule has 9 nitrogen and oxygen atoms in total. The molecule has 0 spiro atoms. The number of nitriles is 1. The quantitative estimate of drug-likeness (QED) is 0.138. The molecule has 46 heavy (non-hydrogen) atoms. The Kier molecular flexibility index (Phi) is 11.9. The summed E-state index contributed by atoms with van der Waals surface area (Å²) in [5, 5.41) is 13.1. The van der Waals surface area contributed by atoms with E-state index in [1.807, 2.05) is 18.2 Å². The van der Waals surface area contributed by atoms with Crippen LogP contribution in [0.3, 0.4) is 0 Å². The van der Waals surface area contributed by atoms with Crippen molar-refractivity contribution in [2.45, 2.75) is 66.2 Å². The highest BCUT2D eigenvalue weighted by molar-refractivity contribution is 6.03. The van der Waals surface area contributed by atoms with E-state index in [0.29, 0.717) is 24.1 Å². The van der Waals surface area contributed by atoms with Crippen LogP contribution in [0.1, 0.15) is 77.3 Å². The van der Waals surface area contributed by atoms with Gasteiger partial charge in [0.05, 0.1) is 6.07 Å². The molecule has 0 saturated heterocycles. The van der Waals surface area contributed by atoms with Crippen molar-refractivity contribution in [3.8, 4) is 22.9 Å². The van der Waals surface area contributed by atoms with Crippen LogP contribution in [0.15, 0.2) is 65.6 Å². The lowest BCUT2D eigenvalue weighted by Crippen LogP contribution is -2.39. The molecule has 2 N–H and O–H groups in total. The van der Waals surface area contributed by atoms with Gasteiger partial charge in [0.25, 0.3) is 5.56 Å². The average molecular weight is 623 g/mol. The molecule has 0 saturated carbocycles. The number of benzene rings is 2. The minimum Gasteiger partial charge on any atom is -0.492 e. The van der Waals surface area contributed by atoms with Crippen LogP contribution in [-0.4, -0.2) is 53.7 Å². The zero-order valence-corrected chi connectivity index (χ0v) is 27.9. The van der Waals surface area contributed by atoms with E-state index >= 15 is 0 Å². The fourth-order valence-electron chi connectivity index (χ4n) is 5.55. The van der Waals surface area contributed by atoms with Gasteiger partial charge in [0.15, 0.2) is 0 Å². The van der Waals surface area contributed by atoms with Crippen LogP contribution < -0.4 is 20.5 Å². The van der Waals surface area contributed by atoms with Gasteiger partial charge in [0.1, 0.15) is 23.7 Å². The Hall–Kier alpha value is -4.68. The van der Waals surface area contributed by atoms with E-state index in [4.69, 9.17) is 4.74 Å². The minimum absolute atomic E-state index is 0.100. The molecule has 0 aliphatic rings. The molecule has 0 aliphatic heterocycles. The topological polar surface area (TPSA) is 114 Å². The molecule has 0 aliphatic carbocycles. The molecule has 9 heteroatoms. The maximum atomic E-state index is 14.1. The molecule has 2 aromatic heterocycles. The summed E-state index contributed by atoms with van der Waals surface area (Å²) in [5.74, 6) is 1.02. The van der Waals surface area contributed by atoms with Gasteiger partial charge < -0.3 is 19.9 Å². The smallest absolute Gasteiger partial charge is 0.326 e. The number of carbonyl (C=O) groups excluding carboxylic acids is 1. The number of pyridine rings is 2. The molecule has 2 aromatic carbocycles. The van der Waals surface area contributed by atoms with Crippen molar-refractivity contribution < 1.29 is 9.53 Å². The molecule has 0 atom stereocenters. The molecular weight excluding hydrogens is 576 g/mol.